The summed E-state index contributed by atoms with van der Waals surface area (Å²) in [6.45, 7) is 8.87. The maximum absolute atomic E-state index is 10.8. The minimum absolute atomic E-state index is 0.146. The van der Waals surface area contributed by atoms with Crippen LogP contribution in [0, 0.1) is 0 Å². The van der Waals surface area contributed by atoms with E-state index in [2.05, 4.69) is 0 Å². The van der Waals surface area contributed by atoms with Gasteiger partial charge in [0.1, 0.15) is 0 Å². The molecular formula is C10H20O3. The van der Waals surface area contributed by atoms with Crippen LogP contribution in [-0.4, -0.2) is 24.8 Å². The van der Waals surface area contributed by atoms with Crippen LogP contribution in [0.2, 0.25) is 0 Å². The number of carbonyl (C=O) groups is 1. The summed E-state index contributed by atoms with van der Waals surface area (Å²) in [4.78, 5) is 10.8. The molecule has 78 valence electrons. The third-order valence-corrected chi connectivity index (χ3v) is 1.79. The predicted molar refractivity (Wildman–Crippen MR) is 51.6 cm³/mol. The Kier molecular flexibility index (Phi) is 5.71. The lowest BCUT2D eigenvalue weighted by Gasteiger charge is -2.24. The van der Waals surface area contributed by atoms with Gasteiger partial charge in [0.2, 0.25) is 0 Å². The van der Waals surface area contributed by atoms with Crippen LogP contribution in [0.4, 0.5) is 0 Å². The second-order valence-electron chi connectivity index (χ2n) is 3.52. The van der Waals surface area contributed by atoms with Crippen molar-refractivity contribution in [1.29, 1.82) is 0 Å². The zero-order valence-corrected chi connectivity index (χ0v) is 9.05. The van der Waals surface area contributed by atoms with Crippen molar-refractivity contribution in [3.8, 4) is 0 Å². The Hall–Kier alpha value is -0.570. The average molecular weight is 188 g/mol. The number of esters is 1. The third-order valence-electron chi connectivity index (χ3n) is 1.79. The van der Waals surface area contributed by atoms with Gasteiger partial charge in [-0.3, -0.25) is 4.79 Å². The smallest absolute Gasteiger partial charge is 0.305 e. The van der Waals surface area contributed by atoms with Gasteiger partial charge in [-0.05, 0) is 20.8 Å². The first-order chi connectivity index (χ1) is 6.02. The van der Waals surface area contributed by atoms with Gasteiger partial charge in [0.15, 0.2) is 0 Å². The lowest BCUT2D eigenvalue weighted by molar-refractivity contribution is -0.145. The quantitative estimate of drug-likeness (QED) is 0.599. The van der Waals surface area contributed by atoms with E-state index in [4.69, 9.17) is 9.47 Å². The molecule has 0 rings (SSSR count). The van der Waals surface area contributed by atoms with Crippen LogP contribution in [0.1, 0.15) is 40.5 Å². The molecule has 0 N–H and O–H groups in total. The molecule has 0 aliphatic heterocycles. The van der Waals surface area contributed by atoms with Gasteiger partial charge in [0.05, 0.1) is 12.2 Å². The molecule has 0 saturated carbocycles. The van der Waals surface area contributed by atoms with E-state index in [1.807, 2.05) is 20.8 Å². The van der Waals surface area contributed by atoms with Crippen LogP contribution in [0.3, 0.4) is 0 Å². The van der Waals surface area contributed by atoms with Gasteiger partial charge in [-0.2, -0.15) is 0 Å². The maximum Gasteiger partial charge on any atom is 0.305 e. The Morgan fingerprint density at radius 1 is 1.31 bits per heavy atom. The highest BCUT2D eigenvalue weighted by atomic mass is 16.5. The van der Waals surface area contributed by atoms with Crippen LogP contribution in [0.15, 0.2) is 0 Å². The molecule has 0 unspecified atom stereocenters. The first-order valence-corrected chi connectivity index (χ1v) is 4.81. The van der Waals surface area contributed by atoms with E-state index >= 15 is 0 Å². The van der Waals surface area contributed by atoms with Gasteiger partial charge >= 0.3 is 5.97 Å². The molecule has 0 bridgehead atoms. The normalized spacial score (nSPS) is 11.4. The standard InChI is InChI=1S/C10H20O3/c1-5-9(11)12-8-7-10(3,4)13-6-2/h5-8H2,1-4H3. The Morgan fingerprint density at radius 2 is 1.92 bits per heavy atom. The van der Waals surface area contributed by atoms with Crippen LogP contribution < -0.4 is 0 Å². The highest BCUT2D eigenvalue weighted by Crippen LogP contribution is 2.13. The maximum atomic E-state index is 10.8. The molecule has 0 saturated heterocycles. The Labute approximate surface area is 80.4 Å². The van der Waals surface area contributed by atoms with Crippen LogP contribution in [0.25, 0.3) is 0 Å². The van der Waals surface area contributed by atoms with E-state index in [1.54, 1.807) is 6.92 Å². The molecule has 0 atom stereocenters. The van der Waals surface area contributed by atoms with Gasteiger partial charge in [0, 0.05) is 19.4 Å². The molecule has 0 radical (unpaired) electrons. The Bertz CT molecular complexity index is 152. The molecule has 0 amide bonds. The van der Waals surface area contributed by atoms with Crippen molar-refractivity contribution in [3.63, 3.8) is 0 Å². The molecule has 3 nitrogen and oxygen atoms in total. The molecule has 0 aliphatic rings. The summed E-state index contributed by atoms with van der Waals surface area (Å²) in [5.74, 6) is -0.146. The largest absolute Gasteiger partial charge is 0.466 e. The Morgan fingerprint density at radius 3 is 2.38 bits per heavy atom. The zero-order chi connectivity index (χ0) is 10.3. The summed E-state index contributed by atoms with van der Waals surface area (Å²) < 4.78 is 10.4. The van der Waals surface area contributed by atoms with E-state index in [9.17, 15) is 4.79 Å². The van der Waals surface area contributed by atoms with Gasteiger partial charge < -0.3 is 9.47 Å². The van der Waals surface area contributed by atoms with Crippen LogP contribution in [-0.2, 0) is 14.3 Å². The van der Waals surface area contributed by atoms with Crippen molar-refractivity contribution in [2.45, 2.75) is 46.1 Å². The molecule has 0 aliphatic carbocycles. The SMILES string of the molecule is CCOC(C)(C)CCOC(=O)CC. The van der Waals surface area contributed by atoms with Crippen molar-refractivity contribution >= 4 is 5.97 Å². The minimum Gasteiger partial charge on any atom is -0.466 e. The van der Waals surface area contributed by atoms with Gasteiger partial charge in [-0.15, -0.1) is 0 Å². The van der Waals surface area contributed by atoms with Crippen molar-refractivity contribution in [1.82, 2.24) is 0 Å². The number of hydrogen-bond donors (Lipinski definition) is 0. The van der Waals surface area contributed by atoms with E-state index in [1.165, 1.54) is 0 Å². The fourth-order valence-electron chi connectivity index (χ4n) is 0.976. The fourth-order valence-corrected chi connectivity index (χ4v) is 0.976. The summed E-state index contributed by atoms with van der Waals surface area (Å²) >= 11 is 0. The lowest BCUT2D eigenvalue weighted by Crippen LogP contribution is -2.26. The van der Waals surface area contributed by atoms with Crippen LogP contribution in [0.5, 0.6) is 0 Å². The number of rotatable bonds is 6. The molecule has 0 heterocycles. The lowest BCUT2D eigenvalue weighted by atomic mass is 10.1. The second kappa shape index (κ2) is 5.97. The molecule has 0 aromatic rings. The van der Waals surface area contributed by atoms with Crippen molar-refractivity contribution in [2.75, 3.05) is 13.2 Å². The summed E-state index contributed by atoms with van der Waals surface area (Å²) in [5.41, 5.74) is -0.192. The fraction of sp³-hybridized carbons (Fsp3) is 0.900. The summed E-state index contributed by atoms with van der Waals surface area (Å²) in [5, 5.41) is 0. The third kappa shape index (κ3) is 6.58. The topological polar surface area (TPSA) is 35.5 Å². The highest BCUT2D eigenvalue weighted by molar-refractivity contribution is 5.68. The zero-order valence-electron chi connectivity index (χ0n) is 9.05. The molecular weight excluding hydrogens is 168 g/mol. The van der Waals surface area contributed by atoms with E-state index in [-0.39, 0.29) is 11.6 Å². The molecule has 0 aromatic heterocycles. The van der Waals surface area contributed by atoms with Gasteiger partial charge in [-0.25, -0.2) is 0 Å². The molecule has 0 fully saturated rings. The number of carbonyl (C=O) groups excluding carboxylic acids is 1. The number of hydrogen-bond acceptors (Lipinski definition) is 3. The average Bonchev–Trinajstić information content (AvgIpc) is 2.03. The van der Waals surface area contributed by atoms with Crippen LogP contribution >= 0.6 is 0 Å². The molecule has 0 aromatic carbocycles. The summed E-state index contributed by atoms with van der Waals surface area (Å²) in [6, 6.07) is 0. The molecule has 3 heteroatoms. The summed E-state index contributed by atoms with van der Waals surface area (Å²) in [6.07, 6.45) is 1.18. The highest BCUT2D eigenvalue weighted by Gasteiger charge is 2.17. The van der Waals surface area contributed by atoms with Crippen molar-refractivity contribution in [3.05, 3.63) is 0 Å². The van der Waals surface area contributed by atoms with Gasteiger partial charge in [-0.1, -0.05) is 6.92 Å². The first-order valence-electron chi connectivity index (χ1n) is 4.81. The summed E-state index contributed by atoms with van der Waals surface area (Å²) in [7, 11) is 0. The minimum atomic E-state index is -0.192. The predicted octanol–water partition coefficient (Wildman–Crippen LogP) is 2.14. The van der Waals surface area contributed by atoms with E-state index in [0.717, 1.165) is 6.42 Å². The Balaban J connectivity index is 3.56. The molecule has 13 heavy (non-hydrogen) atoms. The van der Waals surface area contributed by atoms with Gasteiger partial charge in [0.25, 0.3) is 0 Å². The van der Waals surface area contributed by atoms with E-state index < -0.39 is 0 Å². The first kappa shape index (κ1) is 12.4. The second-order valence-corrected chi connectivity index (χ2v) is 3.52. The molecule has 0 spiro atoms. The van der Waals surface area contributed by atoms with E-state index in [0.29, 0.717) is 19.6 Å². The monoisotopic (exact) mass is 188 g/mol. The van der Waals surface area contributed by atoms with Crippen molar-refractivity contribution in [2.24, 2.45) is 0 Å². The number of ether oxygens (including phenoxy) is 2. The van der Waals surface area contributed by atoms with Crippen molar-refractivity contribution < 1.29 is 14.3 Å².